The van der Waals surface area contributed by atoms with Gasteiger partial charge < -0.3 is 9.80 Å². The molecular formula is C26H33N5O2. The quantitative estimate of drug-likeness (QED) is 0.679. The smallest absolute Gasteiger partial charge is 0.233 e. The molecule has 2 aromatic rings. The first kappa shape index (κ1) is 22.0. The van der Waals surface area contributed by atoms with Crippen molar-refractivity contribution in [3.05, 3.63) is 53.0 Å². The molecule has 2 amide bonds. The maximum absolute atomic E-state index is 13.2. The number of nitrogens with zero attached hydrogens (tertiary/aromatic N) is 5. The Labute approximate surface area is 195 Å². The van der Waals surface area contributed by atoms with Gasteiger partial charge in [0, 0.05) is 30.8 Å². The molecule has 1 aromatic carbocycles. The number of hydrogen-bond donors (Lipinski definition) is 0. The van der Waals surface area contributed by atoms with Crippen molar-refractivity contribution in [2.24, 2.45) is 0 Å². The fraction of sp³-hybridized carbons (Fsp3) is 0.538. The summed E-state index contributed by atoms with van der Waals surface area (Å²) < 4.78 is 0. The topological polar surface area (TPSA) is 69.6 Å². The Kier molecular flexibility index (Phi) is 6.40. The van der Waals surface area contributed by atoms with Crippen molar-refractivity contribution in [2.75, 3.05) is 31.1 Å². The molecular weight excluding hydrogens is 414 g/mol. The molecule has 174 valence electrons. The van der Waals surface area contributed by atoms with Crippen molar-refractivity contribution < 1.29 is 9.59 Å². The van der Waals surface area contributed by atoms with Gasteiger partial charge in [0.15, 0.2) is 5.82 Å². The Morgan fingerprint density at radius 2 is 1.79 bits per heavy atom. The van der Waals surface area contributed by atoms with E-state index < -0.39 is 0 Å². The van der Waals surface area contributed by atoms with Crippen LogP contribution in [0.25, 0.3) is 0 Å². The zero-order chi connectivity index (χ0) is 22.8. The number of aromatic nitrogens is 2. The number of carbonyl (C=O) groups is 2. The van der Waals surface area contributed by atoms with E-state index >= 15 is 0 Å². The highest BCUT2D eigenvalue weighted by Crippen LogP contribution is 2.35. The van der Waals surface area contributed by atoms with Gasteiger partial charge in [-0.25, -0.2) is 9.97 Å². The Morgan fingerprint density at radius 1 is 1.03 bits per heavy atom. The fourth-order valence-corrected chi connectivity index (χ4v) is 5.38. The summed E-state index contributed by atoms with van der Waals surface area (Å²) in [6.07, 6.45) is 6.33. The number of aryl methyl sites for hydroxylation is 1. The van der Waals surface area contributed by atoms with Crippen LogP contribution in [0.1, 0.15) is 67.2 Å². The van der Waals surface area contributed by atoms with Crippen molar-refractivity contribution in [2.45, 2.75) is 64.5 Å². The number of piperidine rings is 1. The van der Waals surface area contributed by atoms with Crippen molar-refractivity contribution in [3.8, 4) is 0 Å². The van der Waals surface area contributed by atoms with Crippen LogP contribution >= 0.6 is 0 Å². The van der Waals surface area contributed by atoms with Crippen LogP contribution < -0.4 is 4.90 Å². The summed E-state index contributed by atoms with van der Waals surface area (Å²) in [6, 6.07) is 9.90. The number of fused-ring (bicyclic) bond motifs is 1. The molecule has 2 fully saturated rings. The lowest BCUT2D eigenvalue weighted by Gasteiger charge is -2.35. The van der Waals surface area contributed by atoms with Gasteiger partial charge in [0.2, 0.25) is 11.8 Å². The molecule has 3 aliphatic rings. The number of carbonyl (C=O) groups excluding carboxylic acids is 2. The highest BCUT2D eigenvalue weighted by molar-refractivity contribution is 6.00. The van der Waals surface area contributed by atoms with E-state index in [0.29, 0.717) is 25.2 Å². The number of anilines is 1. The monoisotopic (exact) mass is 447 g/mol. The summed E-state index contributed by atoms with van der Waals surface area (Å²) in [5.41, 5.74) is 2.85. The third-order valence-electron chi connectivity index (χ3n) is 7.24. The van der Waals surface area contributed by atoms with Gasteiger partial charge in [0.1, 0.15) is 5.82 Å². The van der Waals surface area contributed by atoms with Crippen LogP contribution in [0.15, 0.2) is 30.3 Å². The molecule has 3 aliphatic heterocycles. The minimum absolute atomic E-state index is 0.0607. The van der Waals surface area contributed by atoms with Gasteiger partial charge in [0.05, 0.1) is 19.0 Å². The highest BCUT2D eigenvalue weighted by Gasteiger charge is 2.35. The Balaban J connectivity index is 1.38. The number of amides is 2. The molecule has 0 saturated carbocycles. The summed E-state index contributed by atoms with van der Waals surface area (Å²) in [7, 11) is 0. The first-order valence-electron chi connectivity index (χ1n) is 12.3. The van der Waals surface area contributed by atoms with Crippen LogP contribution in [0.5, 0.6) is 0 Å². The van der Waals surface area contributed by atoms with E-state index in [1.54, 1.807) is 4.90 Å². The molecule has 0 spiro atoms. The number of hydrogen-bond acceptors (Lipinski definition) is 5. The van der Waals surface area contributed by atoms with E-state index in [2.05, 4.69) is 4.90 Å². The van der Waals surface area contributed by atoms with Gasteiger partial charge in [-0.3, -0.25) is 14.5 Å². The van der Waals surface area contributed by atoms with Gasteiger partial charge in [0.25, 0.3) is 0 Å². The van der Waals surface area contributed by atoms with Crippen molar-refractivity contribution in [3.63, 3.8) is 0 Å². The summed E-state index contributed by atoms with van der Waals surface area (Å²) >= 11 is 0. The predicted molar refractivity (Wildman–Crippen MR) is 127 cm³/mol. The van der Waals surface area contributed by atoms with E-state index in [0.717, 1.165) is 68.1 Å². The predicted octanol–water partition coefficient (Wildman–Crippen LogP) is 3.41. The van der Waals surface area contributed by atoms with Crippen molar-refractivity contribution in [1.29, 1.82) is 0 Å². The van der Waals surface area contributed by atoms with E-state index in [9.17, 15) is 9.59 Å². The van der Waals surface area contributed by atoms with Crippen LogP contribution in [-0.2, 0) is 22.6 Å². The Morgan fingerprint density at radius 3 is 2.58 bits per heavy atom. The number of likely N-dealkylation sites (tertiary alicyclic amines) is 2. The van der Waals surface area contributed by atoms with E-state index in [4.69, 9.17) is 9.97 Å². The molecule has 1 atom stereocenters. The molecule has 1 aromatic heterocycles. The molecule has 7 heteroatoms. The second kappa shape index (κ2) is 9.59. The molecule has 0 unspecified atom stereocenters. The lowest BCUT2D eigenvalue weighted by molar-refractivity contribution is -0.135. The van der Waals surface area contributed by atoms with E-state index in [-0.39, 0.29) is 17.9 Å². The summed E-state index contributed by atoms with van der Waals surface area (Å²) in [6.45, 7) is 6.28. The third-order valence-corrected chi connectivity index (χ3v) is 7.24. The van der Waals surface area contributed by atoms with E-state index in [1.165, 1.54) is 12.8 Å². The molecule has 5 rings (SSSR count). The van der Waals surface area contributed by atoms with Gasteiger partial charge in [-0.2, -0.15) is 0 Å². The SMILES string of the molecule is Cc1nc([C@@H]2CCCCN2C(=O)CCN2CCCC2)nc2c1CC(=O)N2Cc1ccccc1. The van der Waals surface area contributed by atoms with Crippen molar-refractivity contribution in [1.82, 2.24) is 19.8 Å². The molecule has 7 nitrogen and oxygen atoms in total. The molecule has 33 heavy (non-hydrogen) atoms. The molecule has 0 N–H and O–H groups in total. The van der Waals surface area contributed by atoms with Gasteiger partial charge in [-0.15, -0.1) is 0 Å². The van der Waals surface area contributed by atoms with Crippen LogP contribution in [-0.4, -0.2) is 57.8 Å². The largest absolute Gasteiger partial charge is 0.332 e. The standard InChI is InChI=1S/C26H33N5O2/c1-19-21-17-24(33)31(18-20-9-3-2-4-10-20)26(21)28-25(27-19)22-11-5-6-15-30(22)23(32)12-16-29-13-7-8-14-29/h2-4,9-10,22H,5-8,11-18H2,1H3/t22-/m0/s1. The summed E-state index contributed by atoms with van der Waals surface area (Å²) in [5, 5.41) is 0. The fourth-order valence-electron chi connectivity index (χ4n) is 5.38. The average molecular weight is 448 g/mol. The lowest BCUT2D eigenvalue weighted by atomic mass is 10.0. The maximum Gasteiger partial charge on any atom is 0.233 e. The second-order valence-electron chi connectivity index (χ2n) is 9.51. The lowest BCUT2D eigenvalue weighted by Crippen LogP contribution is -2.40. The Bertz CT molecular complexity index is 1020. The molecule has 0 aliphatic carbocycles. The van der Waals surface area contributed by atoms with Crippen LogP contribution in [0, 0.1) is 6.92 Å². The summed E-state index contributed by atoms with van der Waals surface area (Å²) in [4.78, 5) is 42.0. The normalized spacial score (nSPS) is 21.0. The molecule has 2 saturated heterocycles. The minimum atomic E-state index is -0.108. The van der Waals surface area contributed by atoms with Crippen LogP contribution in [0.3, 0.4) is 0 Å². The van der Waals surface area contributed by atoms with Crippen LogP contribution in [0.4, 0.5) is 5.82 Å². The van der Waals surface area contributed by atoms with Gasteiger partial charge in [-0.1, -0.05) is 30.3 Å². The van der Waals surface area contributed by atoms with Crippen LogP contribution in [0.2, 0.25) is 0 Å². The van der Waals surface area contributed by atoms with Gasteiger partial charge >= 0.3 is 0 Å². The third kappa shape index (κ3) is 4.64. The zero-order valence-electron chi connectivity index (χ0n) is 19.5. The maximum atomic E-state index is 13.2. The molecule has 0 bridgehead atoms. The average Bonchev–Trinajstić information content (AvgIpc) is 3.47. The molecule has 4 heterocycles. The first-order valence-corrected chi connectivity index (χ1v) is 12.3. The zero-order valence-corrected chi connectivity index (χ0v) is 19.5. The van der Waals surface area contributed by atoms with Gasteiger partial charge in [-0.05, 0) is 57.7 Å². The highest BCUT2D eigenvalue weighted by atomic mass is 16.2. The van der Waals surface area contributed by atoms with Crippen molar-refractivity contribution >= 4 is 17.6 Å². The summed E-state index contributed by atoms with van der Waals surface area (Å²) in [5.74, 6) is 1.67. The number of benzene rings is 1. The number of rotatable bonds is 6. The minimum Gasteiger partial charge on any atom is -0.332 e. The first-order chi connectivity index (χ1) is 16.1. The molecule has 0 radical (unpaired) electrons. The second-order valence-corrected chi connectivity index (χ2v) is 9.51. The Hall–Kier alpha value is -2.80. The van der Waals surface area contributed by atoms with E-state index in [1.807, 2.05) is 42.2 Å².